The topological polar surface area (TPSA) is 178 Å². The second-order valence-electron chi connectivity index (χ2n) is 20.7. The van der Waals surface area contributed by atoms with Crippen LogP contribution in [0.25, 0.3) is 0 Å². The lowest BCUT2D eigenvalue weighted by Gasteiger charge is -2.38. The van der Waals surface area contributed by atoms with E-state index in [1.165, 1.54) is 4.90 Å². The molecule has 6 aliphatic rings. The van der Waals surface area contributed by atoms with E-state index in [1.807, 2.05) is 12.1 Å². The van der Waals surface area contributed by atoms with E-state index in [-0.39, 0.29) is 59.1 Å². The predicted molar refractivity (Wildman–Crippen MR) is 239 cm³/mol. The van der Waals surface area contributed by atoms with Crippen LogP contribution >= 0.6 is 0 Å². The standard InChI is InChI=1S/C49H74N6O9/c1-33(56)41(53-29-47(25-38(53)57)19-9-6-10-20-47)45(61)51-28-36-15-17-37(18-16-36)64-35(3)43(55-31-49(27-40(55)59)23-13-8-14-24-49)46(62)52(5)32-63-34(2)42(44(60)50-4)54-30-48(26-39(54)58)21-11-7-12-22-48/h15-18,33-35,41-43,56H,6-14,19-32H2,1-5H3,(H,50,60)(H,51,61)/t33-,34-,35-,41+,42+,43+/m1/s1. The Hall–Kier alpha value is -4.24. The minimum atomic E-state index is -1.03. The van der Waals surface area contributed by atoms with Gasteiger partial charge in [0.15, 0.2) is 0 Å². The maximum atomic E-state index is 14.6. The summed E-state index contributed by atoms with van der Waals surface area (Å²) in [6.45, 7) is 6.59. The van der Waals surface area contributed by atoms with Crippen LogP contribution in [-0.4, -0.2) is 137 Å². The van der Waals surface area contributed by atoms with Crippen molar-refractivity contribution in [2.75, 3.05) is 40.5 Å². The number of rotatable bonds is 16. The molecule has 0 aromatic heterocycles. The molecule has 354 valence electrons. The average Bonchev–Trinajstić information content (AvgIpc) is 3.87. The maximum Gasteiger partial charge on any atom is 0.250 e. The van der Waals surface area contributed by atoms with Gasteiger partial charge in [0, 0.05) is 59.5 Å². The van der Waals surface area contributed by atoms with Crippen LogP contribution in [0.1, 0.15) is 142 Å². The van der Waals surface area contributed by atoms with Gasteiger partial charge in [0.2, 0.25) is 29.5 Å². The number of amides is 6. The van der Waals surface area contributed by atoms with Gasteiger partial charge in [-0.2, -0.15) is 0 Å². The van der Waals surface area contributed by atoms with Crippen molar-refractivity contribution >= 4 is 35.4 Å². The molecule has 3 spiro atoms. The molecule has 1 aromatic rings. The van der Waals surface area contributed by atoms with E-state index in [0.717, 1.165) is 102 Å². The van der Waals surface area contributed by atoms with Crippen LogP contribution in [0.2, 0.25) is 0 Å². The van der Waals surface area contributed by atoms with Gasteiger partial charge >= 0.3 is 0 Å². The molecule has 7 rings (SSSR count). The largest absolute Gasteiger partial charge is 0.488 e. The first kappa shape index (κ1) is 47.7. The number of carbonyl (C=O) groups excluding carboxylic acids is 6. The Morgan fingerprint density at radius 3 is 1.53 bits per heavy atom. The Morgan fingerprint density at radius 2 is 1.09 bits per heavy atom. The van der Waals surface area contributed by atoms with Crippen LogP contribution in [0.4, 0.5) is 0 Å². The fourth-order valence-electron chi connectivity index (χ4n) is 12.3. The minimum Gasteiger partial charge on any atom is -0.488 e. The van der Waals surface area contributed by atoms with Gasteiger partial charge in [0.25, 0.3) is 5.91 Å². The molecule has 1 aromatic carbocycles. The molecule has 15 heteroatoms. The van der Waals surface area contributed by atoms with Crippen LogP contribution in [0.3, 0.4) is 0 Å². The minimum absolute atomic E-state index is 0.0456. The second kappa shape index (κ2) is 20.1. The van der Waals surface area contributed by atoms with Gasteiger partial charge in [-0.25, -0.2) is 0 Å². The summed E-state index contributed by atoms with van der Waals surface area (Å²) in [5.74, 6) is -0.787. The lowest BCUT2D eigenvalue weighted by atomic mass is 9.73. The van der Waals surface area contributed by atoms with Gasteiger partial charge in [-0.3, -0.25) is 28.8 Å². The lowest BCUT2D eigenvalue weighted by molar-refractivity contribution is -0.154. The van der Waals surface area contributed by atoms with Crippen molar-refractivity contribution in [1.82, 2.24) is 30.2 Å². The molecule has 0 radical (unpaired) electrons. The number of nitrogens with zero attached hydrogens (tertiary/aromatic N) is 4. The number of likely N-dealkylation sites (N-methyl/N-ethyl adjacent to an activating group) is 2. The Bertz CT molecular complexity index is 1850. The number of ether oxygens (including phenoxy) is 2. The molecular weight excluding hydrogens is 817 g/mol. The molecule has 3 aliphatic carbocycles. The number of aliphatic hydroxyl groups excluding tert-OH is 1. The zero-order valence-electron chi connectivity index (χ0n) is 39.0. The quantitative estimate of drug-likeness (QED) is 0.199. The van der Waals surface area contributed by atoms with Gasteiger partial charge in [-0.15, -0.1) is 0 Å². The fraction of sp³-hybridized carbons (Fsp3) is 0.755. The summed E-state index contributed by atoms with van der Waals surface area (Å²) in [6, 6.07) is 4.38. The van der Waals surface area contributed by atoms with Gasteiger partial charge in [-0.05, 0) is 93.2 Å². The summed E-state index contributed by atoms with van der Waals surface area (Å²) in [5.41, 5.74) is 0.393. The van der Waals surface area contributed by atoms with Crippen molar-refractivity contribution < 1.29 is 43.3 Å². The van der Waals surface area contributed by atoms with Gasteiger partial charge in [0.05, 0.1) is 12.2 Å². The Labute approximate surface area is 379 Å². The lowest BCUT2D eigenvalue weighted by Crippen LogP contribution is -2.57. The highest BCUT2D eigenvalue weighted by molar-refractivity contribution is 5.91. The first-order chi connectivity index (χ1) is 30.6. The molecule has 3 saturated heterocycles. The number of aliphatic hydroxyl groups is 1. The van der Waals surface area contributed by atoms with E-state index in [1.54, 1.807) is 61.7 Å². The predicted octanol–water partition coefficient (Wildman–Crippen LogP) is 4.67. The van der Waals surface area contributed by atoms with E-state index in [0.29, 0.717) is 44.6 Å². The molecule has 3 saturated carbocycles. The first-order valence-electron chi connectivity index (χ1n) is 24.3. The molecule has 0 bridgehead atoms. The smallest absolute Gasteiger partial charge is 0.250 e. The van der Waals surface area contributed by atoms with Crippen LogP contribution in [-0.2, 0) is 40.0 Å². The number of hydrogen-bond donors (Lipinski definition) is 3. The normalized spacial score (nSPS) is 24.4. The van der Waals surface area contributed by atoms with Crippen molar-refractivity contribution in [3.8, 4) is 5.75 Å². The number of hydrogen-bond acceptors (Lipinski definition) is 9. The van der Waals surface area contributed by atoms with Crippen molar-refractivity contribution in [2.45, 2.75) is 179 Å². The zero-order chi connectivity index (χ0) is 45.8. The SMILES string of the molecule is CNC(=O)[C@H]([C@@H](C)OCN(C)C(=O)[C@H]([C@@H](C)Oc1ccc(CNC(=O)[C@H]([C@@H](C)O)N2CC3(CCCCC3)CC2=O)cc1)N1CC2(CCCCC2)CC1=O)N1CC2(CCCCC2)CC1=O. The third kappa shape index (κ3) is 10.4. The highest BCUT2D eigenvalue weighted by Gasteiger charge is 2.52. The Kier molecular flexibility index (Phi) is 15.0. The van der Waals surface area contributed by atoms with Crippen LogP contribution < -0.4 is 15.4 Å². The number of carbonyl (C=O) groups is 6. The summed E-state index contributed by atoms with van der Waals surface area (Å²) >= 11 is 0. The Morgan fingerprint density at radius 1 is 0.656 bits per heavy atom. The van der Waals surface area contributed by atoms with Gasteiger partial charge in [0.1, 0.15) is 36.7 Å². The molecule has 3 aliphatic heterocycles. The molecule has 3 N–H and O–H groups in total. The van der Waals surface area contributed by atoms with E-state index < -0.39 is 42.3 Å². The monoisotopic (exact) mass is 891 g/mol. The van der Waals surface area contributed by atoms with Crippen molar-refractivity contribution in [2.24, 2.45) is 16.2 Å². The third-order valence-electron chi connectivity index (χ3n) is 15.8. The molecule has 15 nitrogen and oxygen atoms in total. The number of benzene rings is 1. The van der Waals surface area contributed by atoms with Crippen LogP contribution in [0.15, 0.2) is 24.3 Å². The molecule has 0 unspecified atom stereocenters. The molecule has 6 atom stereocenters. The summed E-state index contributed by atoms with van der Waals surface area (Å²) in [5, 5.41) is 16.3. The fourth-order valence-corrected chi connectivity index (χ4v) is 12.3. The zero-order valence-corrected chi connectivity index (χ0v) is 39.0. The van der Waals surface area contributed by atoms with Crippen molar-refractivity contribution in [1.29, 1.82) is 0 Å². The van der Waals surface area contributed by atoms with E-state index in [9.17, 15) is 33.9 Å². The molecule has 3 heterocycles. The number of nitrogens with one attached hydrogen (secondary N) is 2. The van der Waals surface area contributed by atoms with Crippen molar-refractivity contribution in [3.63, 3.8) is 0 Å². The first-order valence-corrected chi connectivity index (χ1v) is 24.3. The highest BCUT2D eigenvalue weighted by atomic mass is 16.5. The van der Waals surface area contributed by atoms with Crippen molar-refractivity contribution in [3.05, 3.63) is 29.8 Å². The third-order valence-corrected chi connectivity index (χ3v) is 15.8. The molecular formula is C49H74N6O9. The summed E-state index contributed by atoms with van der Waals surface area (Å²) in [4.78, 5) is 88.4. The number of likely N-dealkylation sites (tertiary alicyclic amines) is 3. The van der Waals surface area contributed by atoms with E-state index in [2.05, 4.69) is 10.6 Å². The van der Waals surface area contributed by atoms with Gasteiger partial charge in [-0.1, -0.05) is 69.9 Å². The average molecular weight is 891 g/mol. The molecule has 6 amide bonds. The maximum absolute atomic E-state index is 14.6. The highest BCUT2D eigenvalue weighted by Crippen LogP contribution is 2.47. The van der Waals surface area contributed by atoms with E-state index in [4.69, 9.17) is 9.47 Å². The van der Waals surface area contributed by atoms with Crippen LogP contribution in [0.5, 0.6) is 5.75 Å². The summed E-state index contributed by atoms with van der Waals surface area (Å²) in [6.07, 6.45) is 14.4. The van der Waals surface area contributed by atoms with Gasteiger partial charge < -0.3 is 44.8 Å². The van der Waals surface area contributed by atoms with E-state index >= 15 is 0 Å². The Balaban J connectivity index is 1.00. The summed E-state index contributed by atoms with van der Waals surface area (Å²) < 4.78 is 12.7. The second-order valence-corrected chi connectivity index (χ2v) is 20.7. The summed E-state index contributed by atoms with van der Waals surface area (Å²) in [7, 11) is 3.17. The molecule has 6 fully saturated rings. The van der Waals surface area contributed by atoms with Crippen LogP contribution in [0, 0.1) is 16.2 Å². The molecule has 64 heavy (non-hydrogen) atoms.